The third-order valence-corrected chi connectivity index (χ3v) is 5.32. The molecule has 0 saturated carbocycles. The molecular formula is C22H26N6O2. The van der Waals surface area contributed by atoms with E-state index in [0.717, 1.165) is 41.6 Å². The fourth-order valence-electron chi connectivity index (χ4n) is 3.78. The number of ether oxygens (including phenoxy) is 1. The largest absolute Gasteiger partial charge is 0.465 e. The fraction of sp³-hybridized carbons (Fsp3) is 0.318. The number of hydrogen-bond donors (Lipinski definition) is 2. The Labute approximate surface area is 174 Å². The molecule has 4 rings (SSSR count). The fourth-order valence-corrected chi connectivity index (χ4v) is 3.78. The second-order valence-electron chi connectivity index (χ2n) is 7.35. The van der Waals surface area contributed by atoms with Crippen LogP contribution in [0.25, 0.3) is 21.9 Å². The molecule has 0 unspecified atom stereocenters. The van der Waals surface area contributed by atoms with Crippen LogP contribution in [0.2, 0.25) is 0 Å². The number of aromatic nitrogens is 4. The van der Waals surface area contributed by atoms with E-state index in [2.05, 4.69) is 22.5 Å². The SMILES string of the molecule is CCCCc1nc2c(N)nc3cc(C(=O)OC)ccc3c2n1Cc1ccn(CN)c1. The van der Waals surface area contributed by atoms with Crippen molar-refractivity contribution in [1.82, 2.24) is 19.1 Å². The summed E-state index contributed by atoms with van der Waals surface area (Å²) in [6, 6.07) is 7.41. The van der Waals surface area contributed by atoms with Crippen molar-refractivity contribution in [2.24, 2.45) is 5.73 Å². The van der Waals surface area contributed by atoms with E-state index in [1.165, 1.54) is 7.11 Å². The third-order valence-electron chi connectivity index (χ3n) is 5.32. The minimum absolute atomic E-state index is 0.357. The zero-order chi connectivity index (χ0) is 21.3. The molecule has 0 radical (unpaired) electrons. The van der Waals surface area contributed by atoms with Gasteiger partial charge in [-0.3, -0.25) is 0 Å². The monoisotopic (exact) mass is 406 g/mol. The molecule has 156 valence electrons. The van der Waals surface area contributed by atoms with Gasteiger partial charge in [0, 0.05) is 24.2 Å². The molecule has 0 spiro atoms. The highest BCUT2D eigenvalue weighted by Crippen LogP contribution is 2.30. The van der Waals surface area contributed by atoms with Crippen LogP contribution < -0.4 is 11.5 Å². The Morgan fingerprint density at radius 1 is 1.23 bits per heavy atom. The first-order valence-corrected chi connectivity index (χ1v) is 10.1. The molecule has 0 saturated heterocycles. The summed E-state index contributed by atoms with van der Waals surface area (Å²) in [5, 5.41) is 0.903. The molecule has 4 N–H and O–H groups in total. The Hall–Kier alpha value is -3.39. The minimum Gasteiger partial charge on any atom is -0.465 e. The van der Waals surface area contributed by atoms with E-state index in [-0.39, 0.29) is 0 Å². The van der Waals surface area contributed by atoms with E-state index in [0.29, 0.717) is 35.6 Å². The molecule has 8 heteroatoms. The van der Waals surface area contributed by atoms with Gasteiger partial charge in [-0.1, -0.05) is 13.3 Å². The van der Waals surface area contributed by atoms with E-state index < -0.39 is 5.97 Å². The summed E-state index contributed by atoms with van der Waals surface area (Å²) >= 11 is 0. The first kappa shape index (κ1) is 19.9. The summed E-state index contributed by atoms with van der Waals surface area (Å²) in [5.74, 6) is 0.929. The predicted molar refractivity (Wildman–Crippen MR) is 117 cm³/mol. The number of nitrogens with zero attached hydrogens (tertiary/aromatic N) is 4. The highest BCUT2D eigenvalue weighted by molar-refractivity contribution is 6.08. The highest BCUT2D eigenvalue weighted by Gasteiger charge is 2.19. The van der Waals surface area contributed by atoms with Gasteiger partial charge in [-0.15, -0.1) is 0 Å². The first-order valence-electron chi connectivity index (χ1n) is 10.1. The summed E-state index contributed by atoms with van der Waals surface area (Å²) in [5.41, 5.74) is 15.9. The first-order chi connectivity index (χ1) is 14.5. The lowest BCUT2D eigenvalue weighted by atomic mass is 10.1. The second-order valence-corrected chi connectivity index (χ2v) is 7.35. The number of carbonyl (C=O) groups is 1. The lowest BCUT2D eigenvalue weighted by Gasteiger charge is -2.11. The lowest BCUT2D eigenvalue weighted by Crippen LogP contribution is -2.07. The molecule has 0 aliphatic heterocycles. The van der Waals surface area contributed by atoms with Crippen LogP contribution in [-0.4, -0.2) is 32.2 Å². The number of aryl methyl sites for hydroxylation is 1. The summed E-state index contributed by atoms with van der Waals surface area (Å²) in [4.78, 5) is 21.3. The Morgan fingerprint density at radius 3 is 2.77 bits per heavy atom. The van der Waals surface area contributed by atoms with Gasteiger partial charge in [-0.05, 0) is 36.2 Å². The van der Waals surface area contributed by atoms with Crippen LogP contribution in [0, 0.1) is 0 Å². The number of benzene rings is 1. The van der Waals surface area contributed by atoms with Crippen LogP contribution in [-0.2, 0) is 24.4 Å². The van der Waals surface area contributed by atoms with Crippen molar-refractivity contribution < 1.29 is 9.53 Å². The summed E-state index contributed by atoms with van der Waals surface area (Å²) in [6.07, 6.45) is 6.97. The van der Waals surface area contributed by atoms with Gasteiger partial charge in [0.25, 0.3) is 0 Å². The number of nitrogens with two attached hydrogens (primary N) is 2. The zero-order valence-corrected chi connectivity index (χ0v) is 17.3. The quantitative estimate of drug-likeness (QED) is 0.456. The Balaban J connectivity index is 1.93. The summed E-state index contributed by atoms with van der Waals surface area (Å²) < 4.78 is 8.99. The number of carbonyl (C=O) groups excluding carboxylic acids is 1. The Morgan fingerprint density at radius 2 is 2.07 bits per heavy atom. The van der Waals surface area contributed by atoms with Gasteiger partial charge in [0.2, 0.25) is 0 Å². The predicted octanol–water partition coefficient (Wildman–Crippen LogP) is 3.06. The van der Waals surface area contributed by atoms with Crippen LogP contribution in [0.5, 0.6) is 0 Å². The molecule has 0 fully saturated rings. The molecule has 30 heavy (non-hydrogen) atoms. The topological polar surface area (TPSA) is 114 Å². The van der Waals surface area contributed by atoms with Crippen molar-refractivity contribution in [2.45, 2.75) is 39.4 Å². The van der Waals surface area contributed by atoms with Crippen LogP contribution in [0.1, 0.15) is 41.5 Å². The molecule has 0 aliphatic carbocycles. The molecule has 0 bridgehead atoms. The number of fused-ring (bicyclic) bond motifs is 3. The molecule has 0 amide bonds. The van der Waals surface area contributed by atoms with Crippen LogP contribution in [0.3, 0.4) is 0 Å². The normalized spacial score (nSPS) is 11.4. The van der Waals surface area contributed by atoms with Crippen LogP contribution >= 0.6 is 0 Å². The van der Waals surface area contributed by atoms with Crippen molar-refractivity contribution in [2.75, 3.05) is 12.8 Å². The molecule has 8 nitrogen and oxygen atoms in total. The number of esters is 1. The van der Waals surface area contributed by atoms with Crippen molar-refractivity contribution >= 4 is 33.7 Å². The number of nitrogen functional groups attached to an aromatic ring is 1. The minimum atomic E-state index is -0.405. The van der Waals surface area contributed by atoms with Crippen LogP contribution in [0.15, 0.2) is 36.7 Å². The van der Waals surface area contributed by atoms with E-state index in [4.69, 9.17) is 21.2 Å². The van der Waals surface area contributed by atoms with Gasteiger partial charge in [-0.2, -0.15) is 0 Å². The summed E-state index contributed by atoms with van der Waals surface area (Å²) in [6.45, 7) is 3.25. The van der Waals surface area contributed by atoms with Gasteiger partial charge >= 0.3 is 5.97 Å². The van der Waals surface area contributed by atoms with Crippen molar-refractivity contribution in [1.29, 1.82) is 0 Å². The molecule has 4 aromatic rings. The van der Waals surface area contributed by atoms with Gasteiger partial charge in [0.15, 0.2) is 5.82 Å². The zero-order valence-electron chi connectivity index (χ0n) is 17.3. The maximum Gasteiger partial charge on any atom is 0.337 e. The number of hydrogen-bond acceptors (Lipinski definition) is 6. The number of imidazole rings is 1. The number of unbranched alkanes of at least 4 members (excludes halogenated alkanes) is 1. The average molecular weight is 406 g/mol. The van der Waals surface area contributed by atoms with Crippen molar-refractivity contribution in [3.63, 3.8) is 0 Å². The number of anilines is 1. The number of rotatable bonds is 7. The standard InChI is InChI=1S/C22H26N6O2/c1-3-4-5-18-26-19-20(28(18)12-14-8-9-27(11-14)13-23)16-7-6-15(22(29)30-2)10-17(16)25-21(19)24/h6-11H,3-5,12-13,23H2,1-2H3,(H2,24,25). The van der Waals surface area contributed by atoms with Gasteiger partial charge < -0.3 is 25.3 Å². The molecule has 0 atom stereocenters. The van der Waals surface area contributed by atoms with Gasteiger partial charge in [-0.25, -0.2) is 14.8 Å². The van der Waals surface area contributed by atoms with Crippen LogP contribution in [0.4, 0.5) is 5.82 Å². The molecule has 3 heterocycles. The highest BCUT2D eigenvalue weighted by atomic mass is 16.5. The maximum absolute atomic E-state index is 12.0. The Kier molecular flexibility index (Phi) is 5.41. The van der Waals surface area contributed by atoms with E-state index in [9.17, 15) is 4.79 Å². The van der Waals surface area contributed by atoms with Crippen molar-refractivity contribution in [3.05, 3.63) is 53.6 Å². The third kappa shape index (κ3) is 3.50. The molecular weight excluding hydrogens is 380 g/mol. The lowest BCUT2D eigenvalue weighted by molar-refractivity contribution is 0.0601. The smallest absolute Gasteiger partial charge is 0.337 e. The van der Waals surface area contributed by atoms with Crippen molar-refractivity contribution in [3.8, 4) is 0 Å². The van der Waals surface area contributed by atoms with Gasteiger partial charge in [0.05, 0.1) is 36.9 Å². The maximum atomic E-state index is 12.0. The number of methoxy groups -OCH3 is 1. The van der Waals surface area contributed by atoms with E-state index >= 15 is 0 Å². The Bertz CT molecular complexity index is 1220. The number of pyridine rings is 1. The van der Waals surface area contributed by atoms with E-state index in [1.54, 1.807) is 12.1 Å². The average Bonchev–Trinajstić information content (AvgIpc) is 3.36. The molecule has 3 aromatic heterocycles. The molecule has 1 aromatic carbocycles. The molecule has 0 aliphatic rings. The van der Waals surface area contributed by atoms with E-state index in [1.807, 2.05) is 23.0 Å². The second kappa shape index (κ2) is 8.16. The van der Waals surface area contributed by atoms with Gasteiger partial charge in [0.1, 0.15) is 11.3 Å². The summed E-state index contributed by atoms with van der Waals surface area (Å²) in [7, 11) is 1.36.